The third-order valence-corrected chi connectivity index (χ3v) is 7.50. The lowest BCUT2D eigenvalue weighted by Gasteiger charge is -2.11. The summed E-state index contributed by atoms with van der Waals surface area (Å²) in [5, 5.41) is 9.85. The van der Waals surface area contributed by atoms with Crippen molar-refractivity contribution < 1.29 is 23.8 Å². The van der Waals surface area contributed by atoms with E-state index in [0.717, 1.165) is 11.3 Å². The Hall–Kier alpha value is -1.64. The lowest BCUT2D eigenvalue weighted by molar-refractivity contribution is -0.140. The van der Waals surface area contributed by atoms with Crippen molar-refractivity contribution >= 4 is 54.0 Å². The molecule has 1 aromatic carbocycles. The fourth-order valence-corrected chi connectivity index (χ4v) is 5.98. The first-order valence-electron chi connectivity index (χ1n) is 8.80. The predicted octanol–water partition coefficient (Wildman–Crippen LogP) is 3.71. The zero-order valence-electron chi connectivity index (χ0n) is 16.1. The molecule has 0 amide bonds. The number of carboxylic acid groups (broad SMARTS) is 1. The number of fused-ring (bicyclic) bond motifs is 1. The topological polar surface area (TPSA) is 87.2 Å². The minimum atomic E-state index is -3.84. The minimum Gasteiger partial charge on any atom is -0.481 e. The summed E-state index contributed by atoms with van der Waals surface area (Å²) in [5.41, 5.74) is 0.377. The first kappa shape index (κ1) is 12.7. The van der Waals surface area contributed by atoms with E-state index in [1.807, 2.05) is 0 Å². The van der Waals surface area contributed by atoms with Gasteiger partial charge in [0.25, 0.3) is 0 Å². The Balaban J connectivity index is 2.00. The molecule has 2 N–H and O–H groups in total. The second kappa shape index (κ2) is 6.70. The molecule has 1 atom stereocenters. The number of aromatic amines is 1. The van der Waals surface area contributed by atoms with E-state index in [-0.39, 0.29) is 46.0 Å². The number of nitrogens with one attached hydrogen (secondary N) is 1. The van der Waals surface area contributed by atoms with Gasteiger partial charge in [-0.2, -0.15) is 0 Å². The van der Waals surface area contributed by atoms with Gasteiger partial charge in [-0.25, -0.2) is 8.42 Å². The van der Waals surface area contributed by atoms with Crippen molar-refractivity contribution in [2.24, 2.45) is 5.92 Å². The summed E-state index contributed by atoms with van der Waals surface area (Å²) in [5.74, 6) is -3.27. The van der Waals surface area contributed by atoms with Gasteiger partial charge in [-0.15, -0.1) is 11.3 Å². The molecule has 0 aliphatic rings. The summed E-state index contributed by atoms with van der Waals surface area (Å²) >= 11 is 4.17. The molecule has 0 saturated carbocycles. The maximum Gasteiger partial charge on any atom is 0.307 e. The number of aliphatic carboxylic acids is 1. The molecule has 8 heteroatoms. The van der Waals surface area contributed by atoms with Gasteiger partial charge in [-0.1, -0.05) is 18.2 Å². The van der Waals surface area contributed by atoms with Crippen LogP contribution in [0.1, 0.15) is 11.0 Å². The van der Waals surface area contributed by atoms with Crippen LogP contribution in [0.25, 0.3) is 10.9 Å². The number of sulfone groups is 1. The van der Waals surface area contributed by atoms with Gasteiger partial charge in [0.1, 0.15) is 4.21 Å². The summed E-state index contributed by atoms with van der Waals surface area (Å²) in [6, 6.07) is 3.48. The monoisotopic (exact) mass is 431 g/mol. The Bertz CT molecular complexity index is 1190. The summed E-state index contributed by atoms with van der Waals surface area (Å²) in [6.07, 6.45) is -0.410. The maximum atomic E-state index is 12.6. The van der Waals surface area contributed by atoms with Crippen molar-refractivity contribution in [3.63, 3.8) is 0 Å². The normalized spacial score (nSPS) is 15.5. The highest BCUT2D eigenvalue weighted by Crippen LogP contribution is 2.29. The minimum absolute atomic E-state index is 0.0522. The number of thiophene rings is 1. The highest BCUT2D eigenvalue weighted by atomic mass is 79.9. The van der Waals surface area contributed by atoms with Gasteiger partial charge in [0.05, 0.1) is 20.9 Å². The van der Waals surface area contributed by atoms with E-state index in [2.05, 4.69) is 20.9 Å². The zero-order chi connectivity index (χ0) is 20.8. The third kappa shape index (κ3) is 3.55. The fourth-order valence-electron chi connectivity index (χ4n) is 2.32. The predicted molar refractivity (Wildman–Crippen MR) is 97.2 cm³/mol. The number of benzene rings is 1. The number of para-hydroxylation sites is 1. The van der Waals surface area contributed by atoms with E-state index < -0.39 is 27.5 Å². The van der Waals surface area contributed by atoms with Gasteiger partial charge in [0.2, 0.25) is 0 Å². The van der Waals surface area contributed by atoms with Crippen molar-refractivity contribution in [3.8, 4) is 0 Å². The van der Waals surface area contributed by atoms with Crippen LogP contribution in [-0.2, 0) is 21.1 Å². The first-order valence-corrected chi connectivity index (χ1v) is 10.1. The van der Waals surface area contributed by atoms with Crippen LogP contribution in [-0.4, -0.2) is 30.2 Å². The van der Waals surface area contributed by atoms with Crippen LogP contribution in [0.5, 0.6) is 0 Å². The van der Waals surface area contributed by atoms with Crippen molar-refractivity contribution in [1.29, 1.82) is 0 Å². The van der Waals surface area contributed by atoms with Crippen LogP contribution in [0.2, 0.25) is 0 Å². The number of carbonyl (C=O) groups is 1. The number of hydrogen-bond donors (Lipinski definition) is 2. The Morgan fingerprint density at radius 2 is 2.17 bits per heavy atom. The average molecular weight is 432 g/mol. The molecule has 0 radical (unpaired) electrons. The molecule has 126 valence electrons. The molecule has 0 fully saturated rings. The van der Waals surface area contributed by atoms with Crippen LogP contribution < -0.4 is 0 Å². The highest BCUT2D eigenvalue weighted by Gasteiger charge is 2.28. The Labute approximate surface area is 157 Å². The van der Waals surface area contributed by atoms with Crippen LogP contribution >= 0.6 is 27.3 Å². The number of rotatable bonds is 6. The summed E-state index contributed by atoms with van der Waals surface area (Å²) in [4.78, 5) is 14.4. The smallest absolute Gasteiger partial charge is 0.307 e. The van der Waals surface area contributed by atoms with E-state index in [1.54, 1.807) is 6.07 Å². The highest BCUT2D eigenvalue weighted by molar-refractivity contribution is 9.11. The van der Waals surface area contributed by atoms with Crippen molar-refractivity contribution in [2.45, 2.75) is 10.6 Å². The number of hydrogen-bond acceptors (Lipinski definition) is 4. The lowest BCUT2D eigenvalue weighted by atomic mass is 10.0. The van der Waals surface area contributed by atoms with Gasteiger partial charge in [0.15, 0.2) is 9.84 Å². The van der Waals surface area contributed by atoms with E-state index in [4.69, 9.17) is 5.48 Å². The Kier molecular flexibility index (Phi) is 3.54. The molecular formula is C16H14BrNO4S2. The molecule has 3 aromatic rings. The summed E-state index contributed by atoms with van der Waals surface area (Å²) < 4.78 is 57.3. The lowest BCUT2D eigenvalue weighted by Crippen LogP contribution is -2.25. The zero-order valence-corrected chi connectivity index (χ0v) is 15.3. The number of H-pyrrole nitrogens is 1. The van der Waals surface area contributed by atoms with Crippen LogP contribution in [0.15, 0.2) is 50.5 Å². The number of aromatic nitrogens is 1. The first-order chi connectivity index (χ1) is 13.0. The van der Waals surface area contributed by atoms with E-state index >= 15 is 0 Å². The number of halogens is 1. The van der Waals surface area contributed by atoms with Crippen molar-refractivity contribution in [3.05, 3.63) is 51.8 Å². The summed E-state index contributed by atoms with van der Waals surface area (Å²) in [7, 11) is -3.84. The van der Waals surface area contributed by atoms with Gasteiger partial charge >= 0.3 is 5.97 Å². The standard InChI is InChI=1S/C16H14BrNO4S2/c17-14-5-6-15(23-14)24(21,22)9-11(16(19)20)7-10-8-18-13-4-2-1-3-12(10)13/h1-6,8,11,18H,7,9H2,(H,19,20)/t11-/m1/s1/i1D,2D,4D,8D. The molecule has 2 heterocycles. The average Bonchev–Trinajstić information content (AvgIpc) is 3.17. The van der Waals surface area contributed by atoms with Crippen LogP contribution in [0, 0.1) is 5.92 Å². The Morgan fingerprint density at radius 3 is 2.83 bits per heavy atom. The molecule has 0 spiro atoms. The third-order valence-electron chi connectivity index (χ3n) is 3.48. The summed E-state index contributed by atoms with van der Waals surface area (Å²) in [6.45, 7) is 0. The quantitative estimate of drug-likeness (QED) is 0.622. The molecule has 0 unspecified atom stereocenters. The second-order valence-electron chi connectivity index (χ2n) is 5.14. The fraction of sp³-hybridized carbons (Fsp3) is 0.188. The molecule has 0 bridgehead atoms. The molecule has 0 aliphatic carbocycles. The van der Waals surface area contributed by atoms with E-state index in [0.29, 0.717) is 9.17 Å². The Morgan fingerprint density at radius 1 is 1.38 bits per heavy atom. The number of carboxylic acids is 1. The SMILES string of the molecule is [2H]c1cc2c(C[C@H](CS(=O)(=O)c3ccc(Br)s3)C(=O)O)c([2H])[nH]c2c([2H])c1[2H]. The van der Waals surface area contributed by atoms with Crippen molar-refractivity contribution in [1.82, 2.24) is 4.98 Å². The van der Waals surface area contributed by atoms with E-state index in [9.17, 15) is 18.3 Å². The second-order valence-corrected chi connectivity index (χ2v) is 9.86. The molecule has 5 nitrogen and oxygen atoms in total. The molecule has 2 aromatic heterocycles. The van der Waals surface area contributed by atoms with Gasteiger partial charge in [0, 0.05) is 17.1 Å². The molecule has 0 saturated heterocycles. The van der Waals surface area contributed by atoms with Crippen LogP contribution in [0.3, 0.4) is 0 Å². The molecular weight excluding hydrogens is 414 g/mol. The maximum absolute atomic E-state index is 12.6. The van der Waals surface area contributed by atoms with Crippen molar-refractivity contribution in [2.75, 3.05) is 5.75 Å². The largest absolute Gasteiger partial charge is 0.481 e. The molecule has 3 rings (SSSR count). The molecule has 24 heavy (non-hydrogen) atoms. The van der Waals surface area contributed by atoms with Crippen LogP contribution in [0.4, 0.5) is 0 Å². The van der Waals surface area contributed by atoms with Gasteiger partial charge in [-0.3, -0.25) is 4.79 Å². The molecule has 0 aliphatic heterocycles. The van der Waals surface area contributed by atoms with E-state index in [1.165, 1.54) is 12.1 Å². The van der Waals surface area contributed by atoms with Gasteiger partial charge < -0.3 is 10.1 Å². The van der Waals surface area contributed by atoms with Gasteiger partial charge in [-0.05, 0) is 46.1 Å².